The van der Waals surface area contributed by atoms with E-state index in [0.29, 0.717) is 16.4 Å². The Morgan fingerprint density at radius 3 is 2.84 bits per heavy atom. The molecule has 2 aromatic rings. The fourth-order valence-corrected chi connectivity index (χ4v) is 6.41. The summed E-state index contributed by atoms with van der Waals surface area (Å²) >= 11 is 3.75. The number of thiazole rings is 1. The molecule has 32 heavy (non-hydrogen) atoms. The van der Waals surface area contributed by atoms with Crippen molar-refractivity contribution in [1.29, 1.82) is 0 Å². The summed E-state index contributed by atoms with van der Waals surface area (Å²) in [6, 6.07) is -0.960. The molecule has 0 saturated carbocycles. The van der Waals surface area contributed by atoms with E-state index in [4.69, 9.17) is 5.73 Å². The highest BCUT2D eigenvalue weighted by molar-refractivity contribution is 8.05. The number of fused-ring (bicyclic) bond motifs is 1. The van der Waals surface area contributed by atoms with Gasteiger partial charge in [0.2, 0.25) is 0 Å². The van der Waals surface area contributed by atoms with Gasteiger partial charge in [-0.15, -0.1) is 34.9 Å². The number of hydrogen-bond acceptors (Lipinski definition) is 11. The standard InChI is InChI=1S/C17H17N7O5S3/c1-23-6-19-2-7(23)3-30-9-5-31-15-11(14(26)24(15)12(9)16(27)28)21-13(25)10(22-29)8-4-32-17(18)20-8/h2,4,6,11,15,29H,3,5H2,1H3,(H2,18,20)(H,21,25)(H,27,28)/b22-10-/t11-,15-/m1/s1. The van der Waals surface area contributed by atoms with Crippen molar-refractivity contribution in [3.63, 3.8) is 0 Å². The molecule has 1 fully saturated rings. The number of carboxylic acid groups (broad SMARTS) is 1. The van der Waals surface area contributed by atoms with Crippen molar-refractivity contribution < 1.29 is 24.7 Å². The quantitative estimate of drug-likeness (QED) is 0.180. The van der Waals surface area contributed by atoms with E-state index in [1.807, 2.05) is 11.6 Å². The van der Waals surface area contributed by atoms with Crippen LogP contribution >= 0.6 is 34.9 Å². The third kappa shape index (κ3) is 3.93. The van der Waals surface area contributed by atoms with Crippen LogP contribution in [-0.2, 0) is 27.2 Å². The van der Waals surface area contributed by atoms with E-state index in [1.165, 1.54) is 33.8 Å². The van der Waals surface area contributed by atoms with Gasteiger partial charge in [0.25, 0.3) is 11.8 Å². The van der Waals surface area contributed by atoms with Gasteiger partial charge in [0.1, 0.15) is 22.8 Å². The summed E-state index contributed by atoms with van der Waals surface area (Å²) in [6.07, 6.45) is 3.35. The van der Waals surface area contributed by atoms with Crippen molar-refractivity contribution in [2.24, 2.45) is 12.2 Å². The van der Waals surface area contributed by atoms with Crippen LogP contribution in [0.1, 0.15) is 11.4 Å². The summed E-state index contributed by atoms with van der Waals surface area (Å²) in [5, 5.41) is 25.5. The number of thioether (sulfide) groups is 2. The van der Waals surface area contributed by atoms with Gasteiger partial charge in [-0.3, -0.25) is 14.5 Å². The molecule has 0 bridgehead atoms. The minimum atomic E-state index is -1.21. The van der Waals surface area contributed by atoms with Gasteiger partial charge in [-0.1, -0.05) is 5.16 Å². The summed E-state index contributed by atoms with van der Waals surface area (Å²) in [5.41, 5.74) is 6.07. The summed E-state index contributed by atoms with van der Waals surface area (Å²) in [7, 11) is 1.84. The zero-order chi connectivity index (χ0) is 23.0. The number of amides is 2. The number of nitrogens with one attached hydrogen (secondary N) is 1. The van der Waals surface area contributed by atoms with E-state index >= 15 is 0 Å². The monoisotopic (exact) mass is 495 g/mol. The van der Waals surface area contributed by atoms with Crippen molar-refractivity contribution in [3.8, 4) is 0 Å². The lowest BCUT2D eigenvalue weighted by molar-refractivity contribution is -0.150. The summed E-state index contributed by atoms with van der Waals surface area (Å²) in [6.45, 7) is 0. The molecule has 2 aromatic heterocycles. The predicted octanol–water partition coefficient (Wildman–Crippen LogP) is 0.267. The number of β-lactam (4-membered cyclic amide) rings is 1. The average molecular weight is 496 g/mol. The Hall–Kier alpha value is -3.04. The number of imidazole rings is 1. The maximum atomic E-state index is 12.8. The Labute approximate surface area is 193 Å². The Morgan fingerprint density at radius 1 is 1.47 bits per heavy atom. The fraction of sp³-hybridized carbons (Fsp3) is 0.294. The minimum absolute atomic E-state index is 0.0763. The van der Waals surface area contributed by atoms with Gasteiger partial charge in [-0.05, 0) is 0 Å². The van der Waals surface area contributed by atoms with Crippen molar-refractivity contribution >= 4 is 63.5 Å². The van der Waals surface area contributed by atoms with Crippen LogP contribution in [0.25, 0.3) is 0 Å². The second kappa shape index (κ2) is 8.84. The molecule has 168 valence electrons. The number of aryl methyl sites for hydroxylation is 1. The van der Waals surface area contributed by atoms with E-state index in [9.17, 15) is 24.7 Å². The van der Waals surface area contributed by atoms with Gasteiger partial charge >= 0.3 is 5.97 Å². The van der Waals surface area contributed by atoms with E-state index in [0.717, 1.165) is 17.0 Å². The number of rotatable bonds is 7. The van der Waals surface area contributed by atoms with Crippen LogP contribution in [0.15, 0.2) is 33.7 Å². The second-order valence-corrected chi connectivity index (χ2v) is 9.81. The zero-order valence-corrected chi connectivity index (χ0v) is 18.9. The third-order valence-corrected chi connectivity index (χ3v) is 8.08. The predicted molar refractivity (Wildman–Crippen MR) is 119 cm³/mol. The largest absolute Gasteiger partial charge is 0.477 e. The number of aromatic nitrogens is 3. The van der Waals surface area contributed by atoms with E-state index < -0.39 is 29.2 Å². The number of carbonyl (C=O) groups excluding carboxylic acids is 2. The van der Waals surface area contributed by atoms with Crippen LogP contribution in [0.3, 0.4) is 0 Å². The average Bonchev–Trinajstić information content (AvgIpc) is 3.37. The lowest BCUT2D eigenvalue weighted by Gasteiger charge is -2.49. The highest BCUT2D eigenvalue weighted by Gasteiger charge is 2.54. The first-order valence-electron chi connectivity index (χ1n) is 9.05. The SMILES string of the molecule is Cn1cncc1CSC1=C(C(=O)O)N2C(=O)[C@@H](NC(=O)/C(=N\O)c3csc(N)n3)[C@H]2SC1. The molecule has 15 heteroatoms. The fourth-order valence-electron chi connectivity index (χ4n) is 3.21. The Balaban J connectivity index is 1.48. The molecule has 12 nitrogen and oxygen atoms in total. The van der Waals surface area contributed by atoms with Crippen molar-refractivity contribution in [3.05, 3.63) is 39.9 Å². The number of nitrogens with zero attached hydrogens (tertiary/aromatic N) is 5. The molecule has 0 spiro atoms. The first-order chi connectivity index (χ1) is 15.3. The lowest BCUT2D eigenvalue weighted by Crippen LogP contribution is -2.71. The molecular formula is C17H17N7O5S3. The van der Waals surface area contributed by atoms with Gasteiger partial charge in [-0.2, -0.15) is 0 Å². The van der Waals surface area contributed by atoms with E-state index in [2.05, 4.69) is 20.4 Å². The zero-order valence-electron chi connectivity index (χ0n) is 16.5. The lowest BCUT2D eigenvalue weighted by atomic mass is 10.0. The first-order valence-corrected chi connectivity index (χ1v) is 12.0. The number of aliphatic carboxylic acids is 1. The summed E-state index contributed by atoms with van der Waals surface area (Å²) in [5.74, 6) is -1.70. The minimum Gasteiger partial charge on any atom is -0.477 e. The number of carbonyl (C=O) groups is 3. The summed E-state index contributed by atoms with van der Waals surface area (Å²) < 4.78 is 1.84. The molecule has 0 aromatic carbocycles. The van der Waals surface area contributed by atoms with Crippen LogP contribution in [0.2, 0.25) is 0 Å². The van der Waals surface area contributed by atoms with Crippen LogP contribution < -0.4 is 11.1 Å². The summed E-state index contributed by atoms with van der Waals surface area (Å²) in [4.78, 5) is 47.0. The van der Waals surface area contributed by atoms with Gasteiger partial charge in [0, 0.05) is 40.7 Å². The maximum Gasteiger partial charge on any atom is 0.353 e. The van der Waals surface area contributed by atoms with Gasteiger partial charge in [0.05, 0.1) is 6.33 Å². The number of carboxylic acids is 1. The van der Waals surface area contributed by atoms with Crippen LogP contribution in [0, 0.1) is 0 Å². The molecule has 0 unspecified atom stereocenters. The van der Waals surface area contributed by atoms with Gasteiger partial charge in [-0.25, -0.2) is 14.8 Å². The third-order valence-electron chi connectivity index (χ3n) is 4.81. The van der Waals surface area contributed by atoms with Crippen LogP contribution in [-0.4, -0.2) is 70.4 Å². The molecule has 2 amide bonds. The molecule has 2 atom stereocenters. The highest BCUT2D eigenvalue weighted by Crippen LogP contribution is 2.44. The number of oxime groups is 1. The van der Waals surface area contributed by atoms with Gasteiger partial charge < -0.3 is 25.9 Å². The van der Waals surface area contributed by atoms with E-state index in [-0.39, 0.29) is 22.2 Å². The van der Waals surface area contributed by atoms with Crippen molar-refractivity contribution in [1.82, 2.24) is 24.8 Å². The second-order valence-electron chi connectivity index (χ2n) is 6.74. The smallest absolute Gasteiger partial charge is 0.353 e. The molecule has 4 rings (SSSR count). The molecule has 0 aliphatic carbocycles. The number of anilines is 1. The normalized spacial score (nSPS) is 20.7. The van der Waals surface area contributed by atoms with E-state index in [1.54, 1.807) is 12.5 Å². The number of hydrogen-bond donors (Lipinski definition) is 4. The Morgan fingerprint density at radius 2 is 2.25 bits per heavy atom. The van der Waals surface area contributed by atoms with Crippen molar-refractivity contribution in [2.75, 3.05) is 11.5 Å². The topological polar surface area (TPSA) is 176 Å². The first kappa shape index (κ1) is 22.2. The molecule has 2 aliphatic rings. The molecule has 1 saturated heterocycles. The number of nitrogen functional groups attached to an aromatic ring is 1. The molecule has 4 heterocycles. The Bertz CT molecular complexity index is 1160. The molecule has 2 aliphatic heterocycles. The van der Waals surface area contributed by atoms with Gasteiger partial charge in [0.15, 0.2) is 10.8 Å². The highest BCUT2D eigenvalue weighted by atomic mass is 32.2. The molecular weight excluding hydrogens is 478 g/mol. The molecule has 5 N–H and O–H groups in total. The van der Waals surface area contributed by atoms with Crippen LogP contribution in [0.5, 0.6) is 0 Å². The van der Waals surface area contributed by atoms with Crippen LogP contribution in [0.4, 0.5) is 5.13 Å². The van der Waals surface area contributed by atoms with Crippen molar-refractivity contribution in [2.45, 2.75) is 17.2 Å². The maximum absolute atomic E-state index is 12.8. The number of nitrogens with two attached hydrogens (primary N) is 1. The Kier molecular flexibility index (Phi) is 6.12. The molecule has 0 radical (unpaired) electrons.